The van der Waals surface area contributed by atoms with E-state index in [2.05, 4.69) is 10.3 Å². The standard InChI is InChI=1S/C15H23N3O2.C6H12O2/c1-11(18-14(19)20-15(2,3)4)17-10-13-8-6-5-7-12(13)9-16;1-5(7)8-6(2,3)4/h5-8H,9-10,16H2,1-4H3,(H,17,18,19);1-4H3. The number of nitrogens with two attached hydrogens (primary N) is 1. The van der Waals surface area contributed by atoms with Gasteiger partial charge in [-0.25, -0.2) is 4.79 Å². The summed E-state index contributed by atoms with van der Waals surface area (Å²) in [6.45, 7) is 15.1. The molecule has 0 atom stereocenters. The number of hydrogen-bond acceptors (Lipinski definition) is 6. The van der Waals surface area contributed by atoms with Crippen LogP contribution < -0.4 is 11.1 Å². The normalized spacial score (nSPS) is 11.8. The lowest BCUT2D eigenvalue weighted by molar-refractivity contribution is -0.151. The molecular formula is C21H35N3O4. The summed E-state index contributed by atoms with van der Waals surface area (Å²) in [6.07, 6.45) is -0.495. The predicted octanol–water partition coefficient (Wildman–Crippen LogP) is 3.94. The first-order valence-electron chi connectivity index (χ1n) is 9.21. The zero-order chi connectivity index (χ0) is 22.0. The van der Waals surface area contributed by atoms with E-state index < -0.39 is 11.7 Å². The summed E-state index contributed by atoms with van der Waals surface area (Å²) in [6, 6.07) is 7.84. The van der Waals surface area contributed by atoms with Gasteiger partial charge in [0.2, 0.25) is 0 Å². The van der Waals surface area contributed by atoms with Crippen LogP contribution in [0.15, 0.2) is 29.3 Å². The van der Waals surface area contributed by atoms with Crippen LogP contribution in [0.25, 0.3) is 0 Å². The van der Waals surface area contributed by atoms with E-state index >= 15 is 0 Å². The lowest BCUT2D eigenvalue weighted by Crippen LogP contribution is -2.35. The Morgan fingerprint density at radius 3 is 1.86 bits per heavy atom. The molecule has 0 fully saturated rings. The number of rotatable bonds is 3. The number of amidine groups is 1. The van der Waals surface area contributed by atoms with Crippen molar-refractivity contribution in [3.05, 3.63) is 35.4 Å². The maximum atomic E-state index is 11.6. The van der Waals surface area contributed by atoms with E-state index in [9.17, 15) is 9.59 Å². The van der Waals surface area contributed by atoms with Crippen LogP contribution in [0.5, 0.6) is 0 Å². The molecular weight excluding hydrogens is 358 g/mol. The third-order valence-electron chi connectivity index (χ3n) is 2.96. The summed E-state index contributed by atoms with van der Waals surface area (Å²) in [5.74, 6) is 0.295. The van der Waals surface area contributed by atoms with E-state index in [1.165, 1.54) is 6.92 Å². The van der Waals surface area contributed by atoms with Crippen molar-refractivity contribution in [3.63, 3.8) is 0 Å². The minimum Gasteiger partial charge on any atom is -0.460 e. The van der Waals surface area contributed by atoms with Crippen LogP contribution in [0.1, 0.15) is 66.5 Å². The van der Waals surface area contributed by atoms with Gasteiger partial charge in [-0.05, 0) is 59.6 Å². The molecule has 0 heterocycles. The van der Waals surface area contributed by atoms with Crippen molar-refractivity contribution >= 4 is 17.9 Å². The molecule has 0 saturated carbocycles. The predicted molar refractivity (Wildman–Crippen MR) is 112 cm³/mol. The molecule has 0 aliphatic rings. The van der Waals surface area contributed by atoms with Gasteiger partial charge in [-0.2, -0.15) is 0 Å². The quantitative estimate of drug-likeness (QED) is 0.460. The van der Waals surface area contributed by atoms with Gasteiger partial charge < -0.3 is 15.2 Å². The minimum atomic E-state index is -0.517. The van der Waals surface area contributed by atoms with Gasteiger partial charge in [0, 0.05) is 13.5 Å². The monoisotopic (exact) mass is 393 g/mol. The Labute approximate surface area is 168 Å². The largest absolute Gasteiger partial charge is 0.460 e. The van der Waals surface area contributed by atoms with Gasteiger partial charge in [-0.3, -0.25) is 15.1 Å². The Hall–Kier alpha value is -2.41. The Balaban J connectivity index is 0.000000769. The lowest BCUT2D eigenvalue weighted by Gasteiger charge is -2.19. The fraction of sp³-hybridized carbons (Fsp3) is 0.571. The molecule has 3 N–H and O–H groups in total. The number of hydrogen-bond donors (Lipinski definition) is 2. The first-order chi connectivity index (χ1) is 12.7. The number of carbonyl (C=O) groups is 2. The Bertz CT molecular complexity index is 671. The van der Waals surface area contributed by atoms with E-state index in [1.54, 1.807) is 6.92 Å². The van der Waals surface area contributed by atoms with Gasteiger partial charge in [0.15, 0.2) is 0 Å². The van der Waals surface area contributed by atoms with E-state index in [1.807, 2.05) is 65.8 Å². The van der Waals surface area contributed by atoms with Gasteiger partial charge in [-0.15, -0.1) is 0 Å². The summed E-state index contributed by atoms with van der Waals surface area (Å²) >= 11 is 0. The highest BCUT2D eigenvalue weighted by Crippen LogP contribution is 2.09. The number of aliphatic imine (C=N–C) groups is 1. The van der Waals surface area contributed by atoms with Gasteiger partial charge in [0.25, 0.3) is 0 Å². The van der Waals surface area contributed by atoms with Crippen molar-refractivity contribution in [1.82, 2.24) is 5.32 Å². The molecule has 1 aromatic rings. The summed E-state index contributed by atoms with van der Waals surface area (Å²) in [4.78, 5) is 26.1. The van der Waals surface area contributed by atoms with Crippen LogP contribution in [0.4, 0.5) is 4.79 Å². The Morgan fingerprint density at radius 1 is 0.964 bits per heavy atom. The Morgan fingerprint density at radius 2 is 1.46 bits per heavy atom. The topological polar surface area (TPSA) is 103 Å². The summed E-state index contributed by atoms with van der Waals surface area (Å²) in [5.41, 5.74) is 6.94. The number of amides is 1. The SMILES string of the molecule is CC(=NCc1ccccc1CN)NC(=O)OC(C)(C)C.CC(=O)OC(C)(C)C. The number of carbonyl (C=O) groups excluding carboxylic acids is 2. The van der Waals surface area contributed by atoms with Crippen molar-refractivity contribution in [2.24, 2.45) is 10.7 Å². The van der Waals surface area contributed by atoms with E-state index in [-0.39, 0.29) is 11.6 Å². The third-order valence-corrected chi connectivity index (χ3v) is 2.96. The molecule has 0 bridgehead atoms. The van der Waals surface area contributed by atoms with Crippen molar-refractivity contribution in [3.8, 4) is 0 Å². The van der Waals surface area contributed by atoms with Crippen LogP contribution in [0.3, 0.4) is 0 Å². The maximum Gasteiger partial charge on any atom is 0.413 e. The zero-order valence-electron chi connectivity index (χ0n) is 18.4. The first-order valence-corrected chi connectivity index (χ1v) is 9.21. The van der Waals surface area contributed by atoms with Gasteiger partial charge >= 0.3 is 12.1 Å². The van der Waals surface area contributed by atoms with Crippen LogP contribution in [0, 0.1) is 0 Å². The van der Waals surface area contributed by atoms with Gasteiger partial charge in [0.1, 0.15) is 17.0 Å². The lowest BCUT2D eigenvalue weighted by atomic mass is 10.1. The molecule has 7 nitrogen and oxygen atoms in total. The highest BCUT2D eigenvalue weighted by Gasteiger charge is 2.16. The second-order valence-electron chi connectivity index (χ2n) is 8.21. The molecule has 1 amide bonds. The van der Waals surface area contributed by atoms with Crippen LogP contribution in [0.2, 0.25) is 0 Å². The third kappa shape index (κ3) is 13.7. The molecule has 7 heteroatoms. The van der Waals surface area contributed by atoms with Crippen molar-refractivity contribution in [2.75, 3.05) is 0 Å². The molecule has 0 aromatic heterocycles. The summed E-state index contributed by atoms with van der Waals surface area (Å²) < 4.78 is 9.95. The van der Waals surface area contributed by atoms with Crippen molar-refractivity contribution < 1.29 is 19.1 Å². The highest BCUT2D eigenvalue weighted by molar-refractivity contribution is 5.93. The number of nitrogens with zero attached hydrogens (tertiary/aromatic N) is 1. The van der Waals surface area contributed by atoms with Crippen LogP contribution in [-0.4, -0.2) is 29.1 Å². The molecule has 0 spiro atoms. The van der Waals surface area contributed by atoms with Gasteiger partial charge in [0.05, 0.1) is 6.54 Å². The summed E-state index contributed by atoms with van der Waals surface area (Å²) in [7, 11) is 0. The Kier molecular flexibility index (Phi) is 10.5. The molecule has 0 aliphatic heterocycles. The van der Waals surface area contributed by atoms with E-state index in [0.717, 1.165) is 11.1 Å². The number of nitrogens with one attached hydrogen (secondary N) is 1. The second-order valence-corrected chi connectivity index (χ2v) is 8.21. The smallest absolute Gasteiger partial charge is 0.413 e. The summed E-state index contributed by atoms with van der Waals surface area (Å²) in [5, 5.41) is 2.60. The fourth-order valence-corrected chi connectivity index (χ4v) is 2.04. The van der Waals surface area contributed by atoms with Gasteiger partial charge in [-0.1, -0.05) is 24.3 Å². The van der Waals surface area contributed by atoms with Crippen molar-refractivity contribution in [1.29, 1.82) is 0 Å². The van der Waals surface area contributed by atoms with Crippen LogP contribution in [-0.2, 0) is 27.4 Å². The van der Waals surface area contributed by atoms with Crippen molar-refractivity contribution in [2.45, 2.75) is 79.7 Å². The second kappa shape index (κ2) is 11.4. The molecule has 1 aromatic carbocycles. The maximum absolute atomic E-state index is 11.6. The average molecular weight is 394 g/mol. The molecule has 28 heavy (non-hydrogen) atoms. The number of alkyl carbamates (subject to hydrolysis) is 1. The fourth-order valence-electron chi connectivity index (χ4n) is 2.04. The zero-order valence-corrected chi connectivity index (χ0v) is 18.4. The molecule has 158 valence electrons. The molecule has 0 aliphatic carbocycles. The molecule has 0 saturated heterocycles. The average Bonchev–Trinajstić information content (AvgIpc) is 2.49. The van der Waals surface area contributed by atoms with E-state index in [0.29, 0.717) is 18.9 Å². The number of esters is 1. The number of benzene rings is 1. The first kappa shape index (κ1) is 25.6. The molecule has 1 rings (SSSR count). The minimum absolute atomic E-state index is 0.225. The van der Waals surface area contributed by atoms with Crippen LogP contribution >= 0.6 is 0 Å². The highest BCUT2D eigenvalue weighted by atomic mass is 16.6. The molecule has 0 radical (unpaired) electrons. The molecule has 0 unspecified atom stereocenters. The van der Waals surface area contributed by atoms with E-state index in [4.69, 9.17) is 15.2 Å². The number of ether oxygens (including phenoxy) is 2.